The largest absolute Gasteiger partial charge is 0.416 e. The summed E-state index contributed by atoms with van der Waals surface area (Å²) in [5, 5.41) is 23.6. The van der Waals surface area contributed by atoms with Gasteiger partial charge in [0.1, 0.15) is 13.2 Å². The highest BCUT2D eigenvalue weighted by Crippen LogP contribution is 2.32. The SMILES string of the molecule is Cc1cc(I)ccc1Nc1c(C(=O)NOCC(O)C(C)C)cc(F)c(F)c1F.Cc1cc(I)ccc1Nc1c(C(=O)NOCC(O)C(F)(F)F)cc(F)c(F)c1F. The van der Waals surface area contributed by atoms with Crippen LogP contribution in [0, 0.1) is 61.8 Å². The van der Waals surface area contributed by atoms with E-state index in [0.29, 0.717) is 23.4 Å². The Kier molecular flexibility index (Phi) is 17.2. The van der Waals surface area contributed by atoms with Crippen molar-refractivity contribution in [1.29, 1.82) is 0 Å². The molecule has 0 spiro atoms. The smallest absolute Gasteiger partial charge is 0.390 e. The third kappa shape index (κ3) is 13.0. The van der Waals surface area contributed by atoms with Crippen molar-refractivity contribution in [3.63, 3.8) is 0 Å². The van der Waals surface area contributed by atoms with Crippen molar-refractivity contribution in [3.05, 3.63) is 113 Å². The lowest BCUT2D eigenvalue weighted by molar-refractivity contribution is -0.221. The average Bonchev–Trinajstić information content (AvgIpc) is 3.13. The van der Waals surface area contributed by atoms with Crippen molar-refractivity contribution in [1.82, 2.24) is 11.0 Å². The van der Waals surface area contributed by atoms with E-state index in [2.05, 4.69) is 38.1 Å². The van der Waals surface area contributed by atoms with Crippen molar-refractivity contribution in [3.8, 4) is 0 Å². The molecule has 2 atom stereocenters. The molecule has 10 nitrogen and oxygen atoms in total. The highest BCUT2D eigenvalue weighted by molar-refractivity contribution is 14.1. The Balaban J connectivity index is 0.000000306. The first-order valence-corrected chi connectivity index (χ1v) is 18.4. The third-order valence-corrected chi connectivity index (χ3v) is 9.02. The van der Waals surface area contributed by atoms with Crippen LogP contribution in [-0.2, 0) is 9.68 Å². The maximum absolute atomic E-state index is 14.4. The van der Waals surface area contributed by atoms with Gasteiger partial charge in [0.25, 0.3) is 11.8 Å². The number of carbonyl (C=O) groups excluding carboxylic acids is 2. The second-order valence-electron chi connectivity index (χ2n) is 12.3. The standard InChI is InChI=1S/C19H20F3IN2O3.C17H13F6IN2O3/c1-9(2)15(26)8-28-25-19(27)12-7-13(20)16(21)17(22)18(12)24-14-5-4-11(23)6-10(14)3;1-7-4-8(24)2-3-11(7)25-15-9(5-10(18)13(19)14(15)20)16(28)26-29-6-12(27)17(21,22)23/h4-7,9,15,24,26H,8H2,1-3H3,(H,25,27);2-5,12,25,27H,6H2,1H3,(H,26,28). The number of alkyl halides is 3. The molecule has 4 aromatic carbocycles. The van der Waals surface area contributed by atoms with Crippen LogP contribution in [0.3, 0.4) is 0 Å². The molecule has 4 aromatic rings. The zero-order valence-corrected chi connectivity index (χ0v) is 34.3. The molecule has 0 aliphatic rings. The molecule has 310 valence electrons. The molecule has 21 heteroatoms. The molecule has 0 bridgehead atoms. The van der Waals surface area contributed by atoms with Crippen molar-refractivity contribution in [2.75, 3.05) is 23.8 Å². The van der Waals surface area contributed by atoms with Crippen LogP contribution >= 0.6 is 45.2 Å². The van der Waals surface area contributed by atoms with Crippen molar-refractivity contribution in [2.45, 2.75) is 46.1 Å². The number of anilines is 4. The fourth-order valence-corrected chi connectivity index (χ4v) is 5.67. The van der Waals surface area contributed by atoms with Gasteiger partial charge in [-0.05, 0) is 125 Å². The van der Waals surface area contributed by atoms with Gasteiger partial charge in [0.15, 0.2) is 41.0 Å². The van der Waals surface area contributed by atoms with Gasteiger partial charge in [-0.3, -0.25) is 19.3 Å². The fourth-order valence-electron chi connectivity index (χ4n) is 4.37. The number of aliphatic hydroxyl groups excluding tert-OH is 2. The summed E-state index contributed by atoms with van der Waals surface area (Å²) in [4.78, 5) is 33.7. The number of aryl methyl sites for hydroxylation is 2. The van der Waals surface area contributed by atoms with E-state index >= 15 is 0 Å². The predicted octanol–water partition coefficient (Wildman–Crippen LogP) is 8.78. The molecule has 2 unspecified atom stereocenters. The van der Waals surface area contributed by atoms with Crippen LogP contribution in [0.4, 0.5) is 62.3 Å². The van der Waals surface area contributed by atoms with Gasteiger partial charge in [0.05, 0.1) is 28.6 Å². The van der Waals surface area contributed by atoms with Gasteiger partial charge in [-0.15, -0.1) is 0 Å². The Hall–Kier alpha value is -3.91. The molecular formula is C36H33F9I2N4O6. The molecular weight excluding hydrogens is 1010 g/mol. The third-order valence-electron chi connectivity index (χ3n) is 7.68. The molecule has 0 saturated heterocycles. The molecule has 0 aromatic heterocycles. The molecule has 0 heterocycles. The molecule has 0 aliphatic heterocycles. The second kappa shape index (κ2) is 20.7. The fraction of sp³-hybridized carbons (Fsp3) is 0.278. The second-order valence-corrected chi connectivity index (χ2v) is 14.8. The lowest BCUT2D eigenvalue weighted by atomic mass is 10.1. The van der Waals surface area contributed by atoms with E-state index in [-0.39, 0.29) is 18.2 Å². The van der Waals surface area contributed by atoms with E-state index < -0.39 is 94.2 Å². The van der Waals surface area contributed by atoms with Crippen LogP contribution in [-0.4, -0.2) is 53.6 Å². The molecule has 6 N–H and O–H groups in total. The van der Waals surface area contributed by atoms with Gasteiger partial charge in [0.2, 0.25) is 0 Å². The minimum atomic E-state index is -4.99. The summed E-state index contributed by atoms with van der Waals surface area (Å²) in [6, 6.07) is 11.0. The zero-order chi connectivity index (χ0) is 42.9. The van der Waals surface area contributed by atoms with E-state index in [9.17, 15) is 54.2 Å². The molecule has 0 saturated carbocycles. The van der Waals surface area contributed by atoms with E-state index in [0.717, 1.165) is 12.7 Å². The first-order chi connectivity index (χ1) is 26.5. The highest BCUT2D eigenvalue weighted by Gasteiger charge is 2.38. The maximum atomic E-state index is 14.4. The summed E-state index contributed by atoms with van der Waals surface area (Å²) in [7, 11) is 0. The topological polar surface area (TPSA) is 141 Å². The van der Waals surface area contributed by atoms with Crippen LogP contribution in [0.5, 0.6) is 0 Å². The molecule has 0 fully saturated rings. The summed E-state index contributed by atoms with van der Waals surface area (Å²) in [6.07, 6.45) is -8.72. The number of aliphatic hydroxyl groups is 2. The van der Waals surface area contributed by atoms with Crippen molar-refractivity contribution < 1.29 is 69.0 Å². The van der Waals surface area contributed by atoms with Gasteiger partial charge in [-0.25, -0.2) is 37.3 Å². The normalized spacial score (nSPS) is 12.4. The predicted molar refractivity (Wildman–Crippen MR) is 207 cm³/mol. The number of rotatable bonds is 13. The lowest BCUT2D eigenvalue weighted by Crippen LogP contribution is -2.37. The Labute approximate surface area is 346 Å². The number of hydroxylamine groups is 2. The van der Waals surface area contributed by atoms with Crippen LogP contribution in [0.2, 0.25) is 0 Å². The van der Waals surface area contributed by atoms with Gasteiger partial charge in [-0.2, -0.15) is 13.2 Å². The monoisotopic (exact) mass is 1040 g/mol. The van der Waals surface area contributed by atoms with Crippen molar-refractivity contribution in [2.24, 2.45) is 5.92 Å². The average molecular weight is 1040 g/mol. The summed E-state index contributed by atoms with van der Waals surface area (Å²) >= 11 is 4.12. The number of halogens is 11. The number of amides is 2. The van der Waals surface area contributed by atoms with Crippen molar-refractivity contribution >= 4 is 79.7 Å². The van der Waals surface area contributed by atoms with E-state index in [1.54, 1.807) is 58.0 Å². The minimum Gasteiger partial charge on any atom is -0.390 e. The summed E-state index contributed by atoms with van der Waals surface area (Å²) in [5.41, 5.74) is 3.05. The molecule has 0 aliphatic carbocycles. The zero-order valence-electron chi connectivity index (χ0n) is 30.0. The van der Waals surface area contributed by atoms with Gasteiger partial charge in [-0.1, -0.05) is 13.8 Å². The van der Waals surface area contributed by atoms with Crippen LogP contribution in [0.1, 0.15) is 45.7 Å². The maximum Gasteiger partial charge on any atom is 0.416 e. The highest BCUT2D eigenvalue weighted by atomic mass is 127. The summed E-state index contributed by atoms with van der Waals surface area (Å²) in [6.45, 7) is 5.33. The molecule has 2 amide bonds. The number of carbonyl (C=O) groups is 2. The number of nitrogens with one attached hydrogen (secondary N) is 4. The van der Waals surface area contributed by atoms with Gasteiger partial charge in [0, 0.05) is 18.5 Å². The summed E-state index contributed by atoms with van der Waals surface area (Å²) < 4.78 is 122. The number of hydrogen-bond acceptors (Lipinski definition) is 8. The van der Waals surface area contributed by atoms with Gasteiger partial charge < -0.3 is 20.8 Å². The molecule has 4 rings (SSSR count). The Morgan fingerprint density at radius 1 is 0.667 bits per heavy atom. The first-order valence-electron chi connectivity index (χ1n) is 16.2. The first kappa shape index (κ1) is 47.5. The molecule has 0 radical (unpaired) electrons. The van der Waals surface area contributed by atoms with Crippen LogP contribution in [0.15, 0.2) is 48.5 Å². The lowest BCUT2D eigenvalue weighted by Gasteiger charge is -2.17. The minimum absolute atomic E-state index is 0.112. The summed E-state index contributed by atoms with van der Waals surface area (Å²) in [5.74, 6) is -12.4. The number of hydrogen-bond donors (Lipinski definition) is 6. The quantitative estimate of drug-likeness (QED) is 0.0338. The van der Waals surface area contributed by atoms with Crippen LogP contribution in [0.25, 0.3) is 0 Å². The van der Waals surface area contributed by atoms with E-state index in [4.69, 9.17) is 9.94 Å². The number of benzene rings is 4. The van der Waals surface area contributed by atoms with Gasteiger partial charge >= 0.3 is 6.18 Å². The Bertz CT molecular complexity index is 2090. The van der Waals surface area contributed by atoms with Crippen LogP contribution < -0.4 is 21.6 Å². The Morgan fingerprint density at radius 3 is 1.40 bits per heavy atom. The Morgan fingerprint density at radius 2 is 1.05 bits per heavy atom. The van der Waals surface area contributed by atoms with E-state index in [1.165, 1.54) is 11.5 Å². The molecule has 57 heavy (non-hydrogen) atoms. The van der Waals surface area contributed by atoms with E-state index in [1.807, 2.05) is 28.1 Å².